The van der Waals surface area contributed by atoms with Crippen molar-refractivity contribution in [2.75, 3.05) is 13.2 Å². The molecule has 1 aromatic carbocycles. The fourth-order valence-electron chi connectivity index (χ4n) is 1.76. The Kier molecular flexibility index (Phi) is 2.73. The highest BCUT2D eigenvalue weighted by molar-refractivity contribution is 5.54. The first-order chi connectivity index (χ1) is 6.92. The van der Waals surface area contributed by atoms with Gasteiger partial charge in [0.25, 0.3) is 0 Å². The van der Waals surface area contributed by atoms with E-state index in [9.17, 15) is 4.79 Å². The third-order valence-corrected chi connectivity index (χ3v) is 2.47. The van der Waals surface area contributed by atoms with Crippen LogP contribution in [-0.2, 0) is 9.53 Å². The number of benzene rings is 1. The van der Waals surface area contributed by atoms with Crippen molar-refractivity contribution in [1.82, 2.24) is 0 Å². The zero-order valence-electron chi connectivity index (χ0n) is 7.77. The van der Waals surface area contributed by atoms with E-state index in [-0.39, 0.29) is 0 Å². The van der Waals surface area contributed by atoms with E-state index in [4.69, 9.17) is 4.74 Å². The van der Waals surface area contributed by atoms with Gasteiger partial charge in [0.15, 0.2) is 0 Å². The van der Waals surface area contributed by atoms with Crippen LogP contribution in [0.15, 0.2) is 29.3 Å². The van der Waals surface area contributed by atoms with Gasteiger partial charge < -0.3 is 4.74 Å². The molecular formula is C11H11NO2. The Balaban J connectivity index is 2.34. The van der Waals surface area contributed by atoms with Crippen LogP contribution >= 0.6 is 0 Å². The molecule has 0 amide bonds. The topological polar surface area (TPSA) is 38.7 Å². The second-order valence-electron chi connectivity index (χ2n) is 3.32. The summed E-state index contributed by atoms with van der Waals surface area (Å²) in [5.74, 6) is 0.378. The molecule has 1 heterocycles. The number of nitrogens with zero attached hydrogens (tertiary/aromatic N) is 1. The van der Waals surface area contributed by atoms with Crippen molar-refractivity contribution in [3.63, 3.8) is 0 Å². The average Bonchev–Trinajstić information content (AvgIpc) is 2.72. The van der Waals surface area contributed by atoms with E-state index in [0.29, 0.717) is 5.92 Å². The molecule has 0 spiro atoms. The monoisotopic (exact) mass is 189 g/mol. The van der Waals surface area contributed by atoms with Crippen LogP contribution in [0.1, 0.15) is 17.9 Å². The summed E-state index contributed by atoms with van der Waals surface area (Å²) in [4.78, 5) is 13.9. The van der Waals surface area contributed by atoms with Crippen LogP contribution in [0.4, 0.5) is 5.69 Å². The molecule has 3 nitrogen and oxygen atoms in total. The molecule has 0 bridgehead atoms. The van der Waals surface area contributed by atoms with E-state index < -0.39 is 0 Å². The molecule has 0 N–H and O–H groups in total. The van der Waals surface area contributed by atoms with Gasteiger partial charge >= 0.3 is 0 Å². The van der Waals surface area contributed by atoms with Crippen molar-refractivity contribution in [2.45, 2.75) is 12.3 Å². The Hall–Kier alpha value is -1.44. The quantitative estimate of drug-likeness (QED) is 0.528. The highest BCUT2D eigenvalue weighted by Gasteiger charge is 2.19. The fourth-order valence-corrected chi connectivity index (χ4v) is 1.76. The highest BCUT2D eigenvalue weighted by Crippen LogP contribution is 2.31. The first-order valence-corrected chi connectivity index (χ1v) is 4.66. The number of hydrogen-bond donors (Lipinski definition) is 0. The maximum atomic E-state index is 10.2. The molecule has 1 fully saturated rings. The summed E-state index contributed by atoms with van der Waals surface area (Å²) in [6, 6.07) is 7.65. The van der Waals surface area contributed by atoms with E-state index >= 15 is 0 Å². The molecule has 72 valence electrons. The summed E-state index contributed by atoms with van der Waals surface area (Å²) >= 11 is 0. The molecule has 1 aromatic rings. The predicted octanol–water partition coefficient (Wildman–Crippen LogP) is 2.16. The third kappa shape index (κ3) is 1.74. The number of rotatable bonds is 2. The molecule has 1 aliphatic heterocycles. The number of para-hydroxylation sites is 1. The molecule has 0 saturated carbocycles. The van der Waals surface area contributed by atoms with E-state index in [1.165, 1.54) is 0 Å². The largest absolute Gasteiger partial charge is 0.381 e. The minimum atomic E-state index is 0.378. The lowest BCUT2D eigenvalue weighted by atomic mass is 9.97. The summed E-state index contributed by atoms with van der Waals surface area (Å²) in [5.41, 5.74) is 1.81. The zero-order chi connectivity index (χ0) is 9.80. The maximum Gasteiger partial charge on any atom is 0.240 e. The lowest BCUT2D eigenvalue weighted by molar-refractivity contribution is 0.194. The van der Waals surface area contributed by atoms with Gasteiger partial charge in [-0.3, -0.25) is 0 Å². The van der Waals surface area contributed by atoms with Crippen LogP contribution in [0, 0.1) is 0 Å². The fraction of sp³-hybridized carbons (Fsp3) is 0.364. The van der Waals surface area contributed by atoms with E-state index in [0.717, 1.165) is 30.9 Å². The van der Waals surface area contributed by atoms with Crippen LogP contribution in [0.5, 0.6) is 0 Å². The average molecular weight is 189 g/mol. The Morgan fingerprint density at radius 3 is 3.00 bits per heavy atom. The molecule has 0 radical (unpaired) electrons. The summed E-state index contributed by atoms with van der Waals surface area (Å²) in [7, 11) is 0. The van der Waals surface area contributed by atoms with Crippen molar-refractivity contribution < 1.29 is 9.53 Å². The molecular weight excluding hydrogens is 178 g/mol. The number of ether oxygens (including phenoxy) is 1. The van der Waals surface area contributed by atoms with Crippen molar-refractivity contribution in [3.05, 3.63) is 29.8 Å². The molecule has 2 rings (SSSR count). The van der Waals surface area contributed by atoms with Gasteiger partial charge in [0.1, 0.15) is 0 Å². The second-order valence-corrected chi connectivity index (χ2v) is 3.32. The van der Waals surface area contributed by atoms with Crippen molar-refractivity contribution in [2.24, 2.45) is 4.99 Å². The van der Waals surface area contributed by atoms with Crippen LogP contribution < -0.4 is 0 Å². The van der Waals surface area contributed by atoms with Gasteiger partial charge in [-0.15, -0.1) is 0 Å². The Morgan fingerprint density at radius 2 is 2.29 bits per heavy atom. The van der Waals surface area contributed by atoms with Gasteiger partial charge in [0.05, 0.1) is 12.3 Å². The van der Waals surface area contributed by atoms with Gasteiger partial charge in [-0.1, -0.05) is 18.2 Å². The summed E-state index contributed by atoms with van der Waals surface area (Å²) in [5, 5.41) is 0. The molecule has 1 unspecified atom stereocenters. The molecule has 3 heteroatoms. The molecule has 1 atom stereocenters. The highest BCUT2D eigenvalue weighted by atomic mass is 16.5. The normalized spacial score (nSPS) is 20.4. The van der Waals surface area contributed by atoms with Crippen LogP contribution in [0.3, 0.4) is 0 Å². The van der Waals surface area contributed by atoms with Gasteiger partial charge in [-0.2, -0.15) is 4.99 Å². The van der Waals surface area contributed by atoms with E-state index in [2.05, 4.69) is 4.99 Å². The van der Waals surface area contributed by atoms with Crippen LogP contribution in [0.2, 0.25) is 0 Å². The minimum absolute atomic E-state index is 0.378. The standard InChI is InChI=1S/C11H11NO2/c13-8-12-11-4-2-1-3-10(11)9-5-6-14-7-9/h1-4,9H,5-7H2. The SMILES string of the molecule is O=C=Nc1ccccc1C1CCOC1. The Morgan fingerprint density at radius 1 is 1.43 bits per heavy atom. The maximum absolute atomic E-state index is 10.2. The van der Waals surface area contributed by atoms with Crippen LogP contribution in [-0.4, -0.2) is 19.3 Å². The smallest absolute Gasteiger partial charge is 0.240 e. The molecule has 1 aliphatic rings. The first kappa shape index (κ1) is 9.13. The zero-order valence-corrected chi connectivity index (χ0v) is 7.77. The minimum Gasteiger partial charge on any atom is -0.381 e. The molecule has 0 aromatic heterocycles. The predicted molar refractivity (Wildman–Crippen MR) is 52.4 cm³/mol. The van der Waals surface area contributed by atoms with Crippen molar-refractivity contribution in [1.29, 1.82) is 0 Å². The summed E-state index contributed by atoms with van der Waals surface area (Å²) in [6.45, 7) is 1.52. The first-order valence-electron chi connectivity index (χ1n) is 4.66. The molecule has 1 saturated heterocycles. The molecule has 14 heavy (non-hydrogen) atoms. The third-order valence-electron chi connectivity index (χ3n) is 2.47. The van der Waals surface area contributed by atoms with E-state index in [1.54, 1.807) is 6.08 Å². The van der Waals surface area contributed by atoms with Crippen LogP contribution in [0.25, 0.3) is 0 Å². The van der Waals surface area contributed by atoms with Crippen molar-refractivity contribution >= 4 is 11.8 Å². The van der Waals surface area contributed by atoms with E-state index in [1.807, 2.05) is 24.3 Å². The summed E-state index contributed by atoms with van der Waals surface area (Å²) < 4.78 is 5.30. The van der Waals surface area contributed by atoms with Gasteiger partial charge in [0.2, 0.25) is 6.08 Å². The second kappa shape index (κ2) is 4.18. The number of aliphatic imine (C=N–C) groups is 1. The van der Waals surface area contributed by atoms with Gasteiger partial charge in [-0.25, -0.2) is 4.79 Å². The summed E-state index contributed by atoms with van der Waals surface area (Å²) in [6.07, 6.45) is 2.59. The number of isocyanates is 1. The molecule has 0 aliphatic carbocycles. The lowest BCUT2D eigenvalue weighted by Gasteiger charge is -2.09. The van der Waals surface area contributed by atoms with Crippen molar-refractivity contribution in [3.8, 4) is 0 Å². The van der Waals surface area contributed by atoms with Gasteiger partial charge in [-0.05, 0) is 18.1 Å². The number of carbonyl (C=O) groups excluding carboxylic acids is 1. The Labute approximate surface area is 82.4 Å². The van der Waals surface area contributed by atoms with Gasteiger partial charge in [0, 0.05) is 12.5 Å². The Bertz CT molecular complexity index is 363. The number of hydrogen-bond acceptors (Lipinski definition) is 3. The lowest BCUT2D eigenvalue weighted by Crippen LogP contribution is -1.97.